The van der Waals surface area contributed by atoms with Gasteiger partial charge in [-0.25, -0.2) is 0 Å². The summed E-state index contributed by atoms with van der Waals surface area (Å²) in [6.45, 7) is 6.22. The van der Waals surface area contributed by atoms with Crippen LogP contribution in [-0.2, 0) is 11.3 Å². The minimum atomic E-state index is -0.0922. The van der Waals surface area contributed by atoms with Crippen molar-refractivity contribution in [3.63, 3.8) is 0 Å². The van der Waals surface area contributed by atoms with E-state index in [4.69, 9.17) is 4.42 Å². The smallest absolute Gasteiger partial charge is 0.234 e. The molecule has 134 valence electrons. The van der Waals surface area contributed by atoms with Gasteiger partial charge in [-0.15, -0.1) is 16.8 Å². The fourth-order valence-electron chi connectivity index (χ4n) is 2.37. The van der Waals surface area contributed by atoms with E-state index in [0.717, 1.165) is 20.6 Å². The van der Waals surface area contributed by atoms with Crippen LogP contribution in [0.2, 0.25) is 0 Å². The molecule has 1 N–H and O–H groups in total. The van der Waals surface area contributed by atoms with Gasteiger partial charge in [-0.3, -0.25) is 9.36 Å². The van der Waals surface area contributed by atoms with E-state index in [2.05, 4.69) is 44.7 Å². The molecule has 0 aliphatic carbocycles. The van der Waals surface area contributed by atoms with Gasteiger partial charge in [-0.1, -0.05) is 17.8 Å². The van der Waals surface area contributed by atoms with Gasteiger partial charge in [-0.2, -0.15) is 0 Å². The normalized spacial score (nSPS) is 10.7. The summed E-state index contributed by atoms with van der Waals surface area (Å²) in [5, 5.41) is 12.0. The number of rotatable bonds is 7. The zero-order chi connectivity index (χ0) is 18.5. The largest absolute Gasteiger partial charge is 0.469 e. The highest BCUT2D eigenvalue weighted by molar-refractivity contribution is 14.1. The maximum absolute atomic E-state index is 12.2. The van der Waals surface area contributed by atoms with E-state index >= 15 is 0 Å². The van der Waals surface area contributed by atoms with Crippen LogP contribution < -0.4 is 5.32 Å². The number of hydrogen-bond acceptors (Lipinski definition) is 5. The van der Waals surface area contributed by atoms with Crippen molar-refractivity contribution < 1.29 is 9.21 Å². The van der Waals surface area contributed by atoms with Crippen molar-refractivity contribution in [1.82, 2.24) is 14.8 Å². The Labute approximate surface area is 169 Å². The summed E-state index contributed by atoms with van der Waals surface area (Å²) in [5.74, 6) is 1.63. The third-order valence-corrected chi connectivity index (χ3v) is 5.27. The lowest BCUT2D eigenvalue weighted by molar-refractivity contribution is -0.113. The van der Waals surface area contributed by atoms with Crippen LogP contribution in [0.15, 0.2) is 58.8 Å². The highest BCUT2D eigenvalue weighted by Gasteiger charge is 2.17. The SMILES string of the molecule is C=CCn1c(SCC(=O)Nc2ccc(I)cc2)nnc1-c1ccoc1C. The number of halogens is 1. The van der Waals surface area contributed by atoms with Gasteiger partial charge >= 0.3 is 0 Å². The van der Waals surface area contributed by atoms with Gasteiger partial charge in [0.2, 0.25) is 5.91 Å². The summed E-state index contributed by atoms with van der Waals surface area (Å²) >= 11 is 3.56. The molecular formula is C18H17IN4O2S. The van der Waals surface area contributed by atoms with E-state index in [1.165, 1.54) is 11.8 Å². The molecule has 0 radical (unpaired) electrons. The van der Waals surface area contributed by atoms with Crippen LogP contribution in [0.3, 0.4) is 0 Å². The Balaban J connectivity index is 1.70. The Morgan fingerprint density at radius 1 is 1.35 bits per heavy atom. The van der Waals surface area contributed by atoms with E-state index < -0.39 is 0 Å². The predicted octanol–water partition coefficient (Wildman–Crippen LogP) is 4.37. The van der Waals surface area contributed by atoms with Crippen molar-refractivity contribution in [3.05, 3.63) is 58.6 Å². The number of hydrogen-bond donors (Lipinski definition) is 1. The Morgan fingerprint density at radius 2 is 2.12 bits per heavy atom. The molecule has 0 fully saturated rings. The lowest BCUT2D eigenvalue weighted by Crippen LogP contribution is -2.14. The molecule has 0 saturated heterocycles. The van der Waals surface area contributed by atoms with Gasteiger partial charge < -0.3 is 9.73 Å². The van der Waals surface area contributed by atoms with E-state index in [1.54, 1.807) is 12.3 Å². The highest BCUT2D eigenvalue weighted by atomic mass is 127. The van der Waals surface area contributed by atoms with Gasteiger partial charge in [-0.05, 0) is 59.8 Å². The van der Waals surface area contributed by atoms with Crippen molar-refractivity contribution in [3.8, 4) is 11.4 Å². The van der Waals surface area contributed by atoms with Gasteiger partial charge in [0, 0.05) is 15.8 Å². The number of anilines is 1. The molecule has 6 nitrogen and oxygen atoms in total. The van der Waals surface area contributed by atoms with Crippen LogP contribution >= 0.6 is 34.4 Å². The average molecular weight is 480 g/mol. The van der Waals surface area contributed by atoms with Crippen LogP contribution in [0.1, 0.15) is 5.76 Å². The third kappa shape index (κ3) is 4.36. The lowest BCUT2D eigenvalue weighted by Gasteiger charge is -2.08. The topological polar surface area (TPSA) is 73.0 Å². The number of furan rings is 1. The Hall–Kier alpha value is -2.07. The van der Waals surface area contributed by atoms with E-state index in [9.17, 15) is 4.79 Å². The summed E-state index contributed by atoms with van der Waals surface area (Å²) in [6, 6.07) is 9.51. The number of aryl methyl sites for hydroxylation is 1. The van der Waals surface area contributed by atoms with Gasteiger partial charge in [0.25, 0.3) is 0 Å². The zero-order valence-corrected chi connectivity index (χ0v) is 17.1. The molecule has 0 atom stereocenters. The van der Waals surface area contributed by atoms with E-state index in [1.807, 2.05) is 41.8 Å². The van der Waals surface area contributed by atoms with E-state index in [0.29, 0.717) is 17.5 Å². The minimum Gasteiger partial charge on any atom is -0.469 e. The molecule has 3 aromatic rings. The van der Waals surface area contributed by atoms with Gasteiger partial charge in [0.1, 0.15) is 5.76 Å². The van der Waals surface area contributed by atoms with Crippen molar-refractivity contribution in [2.24, 2.45) is 0 Å². The molecule has 0 aliphatic rings. The first-order valence-electron chi connectivity index (χ1n) is 7.85. The molecule has 2 aromatic heterocycles. The number of carbonyl (C=O) groups is 1. The second-order valence-electron chi connectivity index (χ2n) is 5.44. The maximum atomic E-state index is 12.2. The second-order valence-corrected chi connectivity index (χ2v) is 7.63. The Kier molecular flexibility index (Phi) is 6.15. The van der Waals surface area contributed by atoms with Crippen molar-refractivity contribution in [2.75, 3.05) is 11.1 Å². The first-order chi connectivity index (χ1) is 12.6. The van der Waals surface area contributed by atoms with Crippen LogP contribution in [0.4, 0.5) is 5.69 Å². The first kappa shape index (κ1) is 18.7. The van der Waals surface area contributed by atoms with Crippen LogP contribution in [0.25, 0.3) is 11.4 Å². The molecule has 1 aromatic carbocycles. The lowest BCUT2D eigenvalue weighted by atomic mass is 10.2. The summed E-state index contributed by atoms with van der Waals surface area (Å²) in [6.07, 6.45) is 3.40. The average Bonchev–Trinajstić information content (AvgIpc) is 3.21. The summed E-state index contributed by atoms with van der Waals surface area (Å²) in [5.41, 5.74) is 1.66. The number of nitrogens with one attached hydrogen (secondary N) is 1. The van der Waals surface area contributed by atoms with E-state index in [-0.39, 0.29) is 11.7 Å². The molecule has 0 aliphatic heterocycles. The van der Waals surface area contributed by atoms with Crippen LogP contribution in [-0.4, -0.2) is 26.4 Å². The molecule has 0 bridgehead atoms. The standard InChI is InChI=1S/C18H17IN4O2S/c1-3-9-23-17(15-8-10-25-12(15)2)21-22-18(23)26-11-16(24)20-14-6-4-13(19)5-7-14/h3-8,10H,1,9,11H2,2H3,(H,20,24). The van der Waals surface area contributed by atoms with Gasteiger partial charge in [0.15, 0.2) is 11.0 Å². The predicted molar refractivity (Wildman–Crippen MR) is 111 cm³/mol. The summed E-state index contributed by atoms with van der Waals surface area (Å²) in [4.78, 5) is 12.2. The molecular weight excluding hydrogens is 463 g/mol. The minimum absolute atomic E-state index is 0.0922. The first-order valence-corrected chi connectivity index (χ1v) is 9.91. The molecule has 0 saturated carbocycles. The quantitative estimate of drug-likeness (QED) is 0.309. The molecule has 3 rings (SSSR count). The summed E-state index contributed by atoms with van der Waals surface area (Å²) in [7, 11) is 0. The molecule has 0 spiro atoms. The fourth-order valence-corrected chi connectivity index (χ4v) is 3.47. The van der Waals surface area contributed by atoms with Crippen molar-refractivity contribution >= 4 is 45.9 Å². The number of amides is 1. The third-order valence-electron chi connectivity index (χ3n) is 3.59. The molecule has 1 amide bonds. The zero-order valence-electron chi connectivity index (χ0n) is 14.1. The van der Waals surface area contributed by atoms with Gasteiger partial charge in [0.05, 0.1) is 17.6 Å². The Bertz CT molecular complexity index is 918. The van der Waals surface area contributed by atoms with Crippen molar-refractivity contribution in [1.29, 1.82) is 0 Å². The number of aromatic nitrogens is 3. The number of thioether (sulfide) groups is 1. The maximum Gasteiger partial charge on any atom is 0.234 e. The summed E-state index contributed by atoms with van der Waals surface area (Å²) < 4.78 is 8.40. The highest BCUT2D eigenvalue weighted by Crippen LogP contribution is 2.27. The van der Waals surface area contributed by atoms with Crippen LogP contribution in [0, 0.1) is 10.5 Å². The molecule has 2 heterocycles. The van der Waals surface area contributed by atoms with Crippen LogP contribution in [0.5, 0.6) is 0 Å². The second kappa shape index (κ2) is 8.54. The van der Waals surface area contributed by atoms with Crippen molar-refractivity contribution in [2.45, 2.75) is 18.6 Å². The fraction of sp³-hybridized carbons (Fsp3) is 0.167. The molecule has 0 unspecified atom stereocenters. The number of carbonyl (C=O) groups excluding carboxylic acids is 1. The Morgan fingerprint density at radius 3 is 2.77 bits per heavy atom. The number of benzene rings is 1. The molecule has 8 heteroatoms. The monoisotopic (exact) mass is 480 g/mol. The molecule has 26 heavy (non-hydrogen) atoms. The number of allylic oxidation sites excluding steroid dienone is 1. The number of nitrogens with zero attached hydrogens (tertiary/aromatic N) is 3.